The normalized spacial score (nSPS) is 14.1. The molecule has 1 atom stereocenters. The predicted molar refractivity (Wildman–Crippen MR) is 64.5 cm³/mol. The second-order valence-electron chi connectivity index (χ2n) is 4.17. The Morgan fingerprint density at radius 2 is 1.62 bits per heavy atom. The van der Waals surface area contributed by atoms with Crippen LogP contribution in [0.1, 0.15) is 58.3 Å². The number of unbranched alkanes of at least 4 members (excludes halogenated alkanes) is 6. The summed E-state index contributed by atoms with van der Waals surface area (Å²) >= 11 is 4.90. The molecule has 0 radical (unpaired) electrons. The van der Waals surface area contributed by atoms with Crippen LogP contribution in [0.5, 0.6) is 0 Å². The van der Waals surface area contributed by atoms with Crippen molar-refractivity contribution in [3.05, 3.63) is 0 Å². The fraction of sp³-hybridized carbons (Fsp3) is 1.00. The molecule has 0 heterocycles. The Labute approximate surface area is 102 Å². The van der Waals surface area contributed by atoms with Crippen LogP contribution in [0.2, 0.25) is 0 Å². The van der Waals surface area contributed by atoms with Crippen molar-refractivity contribution in [3.63, 3.8) is 0 Å². The standard InChI is InChI=1S/C11H23ClF2N2/c1-2-3-4-5-6-7-8-9-10(16-15)11(12,13)14/h10,16H,2-9,15H2,1H3. The Kier molecular flexibility index (Phi) is 9.18. The largest absolute Gasteiger partial charge is 0.338 e. The minimum Gasteiger partial charge on any atom is -0.271 e. The minimum atomic E-state index is -3.25. The third-order valence-corrected chi connectivity index (χ3v) is 2.96. The van der Waals surface area contributed by atoms with Crippen LogP contribution in [-0.4, -0.2) is 11.4 Å². The summed E-state index contributed by atoms with van der Waals surface area (Å²) in [6, 6.07) is -1.12. The number of alkyl halides is 3. The van der Waals surface area contributed by atoms with Crippen molar-refractivity contribution in [1.29, 1.82) is 0 Å². The summed E-state index contributed by atoms with van der Waals surface area (Å²) < 4.78 is 25.4. The van der Waals surface area contributed by atoms with Crippen LogP contribution in [0.3, 0.4) is 0 Å². The second kappa shape index (κ2) is 9.14. The maximum Gasteiger partial charge on any atom is 0.338 e. The van der Waals surface area contributed by atoms with Gasteiger partial charge in [0.2, 0.25) is 0 Å². The molecule has 5 heteroatoms. The number of halogens is 3. The van der Waals surface area contributed by atoms with Gasteiger partial charge in [0, 0.05) is 0 Å². The Bertz CT molecular complexity index is 163. The molecule has 3 N–H and O–H groups in total. The highest BCUT2D eigenvalue weighted by Crippen LogP contribution is 2.26. The molecule has 0 saturated carbocycles. The molecule has 16 heavy (non-hydrogen) atoms. The van der Waals surface area contributed by atoms with E-state index in [9.17, 15) is 8.78 Å². The first-order chi connectivity index (χ1) is 7.52. The van der Waals surface area contributed by atoms with E-state index >= 15 is 0 Å². The van der Waals surface area contributed by atoms with Crippen LogP contribution >= 0.6 is 11.6 Å². The van der Waals surface area contributed by atoms with Gasteiger partial charge in [-0.15, -0.1) is 0 Å². The molecule has 0 aromatic carbocycles. The van der Waals surface area contributed by atoms with E-state index in [0.29, 0.717) is 6.42 Å². The number of hydrogen-bond donors (Lipinski definition) is 2. The highest BCUT2D eigenvalue weighted by Gasteiger charge is 2.35. The Morgan fingerprint density at radius 1 is 1.12 bits per heavy atom. The first kappa shape index (κ1) is 16.1. The molecular weight excluding hydrogens is 234 g/mol. The molecule has 0 aliphatic carbocycles. The molecule has 0 rings (SSSR count). The molecule has 0 spiro atoms. The zero-order chi connectivity index (χ0) is 12.4. The van der Waals surface area contributed by atoms with Gasteiger partial charge in [-0.1, -0.05) is 51.9 Å². The molecule has 2 nitrogen and oxygen atoms in total. The number of hydrazine groups is 1. The lowest BCUT2D eigenvalue weighted by atomic mass is 10.1. The van der Waals surface area contributed by atoms with Crippen molar-refractivity contribution in [1.82, 2.24) is 5.43 Å². The number of nitrogens with one attached hydrogen (secondary N) is 1. The van der Waals surface area contributed by atoms with Gasteiger partial charge in [-0.2, -0.15) is 8.78 Å². The van der Waals surface area contributed by atoms with E-state index in [4.69, 9.17) is 17.4 Å². The summed E-state index contributed by atoms with van der Waals surface area (Å²) in [6.07, 6.45) is 8.03. The van der Waals surface area contributed by atoms with Gasteiger partial charge in [-0.25, -0.2) is 5.43 Å². The SMILES string of the molecule is CCCCCCCCCC(NN)C(F)(F)Cl. The highest BCUT2D eigenvalue weighted by atomic mass is 35.5. The van der Waals surface area contributed by atoms with Gasteiger partial charge in [-0.05, 0) is 18.0 Å². The van der Waals surface area contributed by atoms with Crippen LogP contribution in [0.25, 0.3) is 0 Å². The van der Waals surface area contributed by atoms with Crippen LogP contribution in [0.15, 0.2) is 0 Å². The van der Waals surface area contributed by atoms with Crippen molar-refractivity contribution in [2.24, 2.45) is 5.84 Å². The number of hydrogen-bond acceptors (Lipinski definition) is 2. The van der Waals surface area contributed by atoms with Crippen molar-refractivity contribution >= 4 is 11.6 Å². The second-order valence-corrected chi connectivity index (χ2v) is 4.67. The molecule has 0 aliphatic heterocycles. The van der Waals surface area contributed by atoms with Gasteiger partial charge in [0.25, 0.3) is 0 Å². The van der Waals surface area contributed by atoms with Gasteiger partial charge < -0.3 is 0 Å². The fourth-order valence-electron chi connectivity index (χ4n) is 1.65. The van der Waals surface area contributed by atoms with E-state index in [2.05, 4.69) is 12.3 Å². The summed E-state index contributed by atoms with van der Waals surface area (Å²) in [5.41, 5.74) is 2.07. The topological polar surface area (TPSA) is 38.0 Å². The van der Waals surface area contributed by atoms with Crippen molar-refractivity contribution in [2.45, 2.75) is 69.7 Å². The van der Waals surface area contributed by atoms with E-state index < -0.39 is 11.4 Å². The molecule has 0 fully saturated rings. The maximum absolute atomic E-state index is 12.7. The highest BCUT2D eigenvalue weighted by molar-refractivity contribution is 6.22. The zero-order valence-corrected chi connectivity index (χ0v) is 10.7. The van der Waals surface area contributed by atoms with Gasteiger partial charge in [-0.3, -0.25) is 5.84 Å². The molecule has 0 bridgehead atoms. The molecule has 0 aliphatic rings. The quantitative estimate of drug-likeness (QED) is 0.270. The Morgan fingerprint density at radius 3 is 2.06 bits per heavy atom. The van der Waals surface area contributed by atoms with Gasteiger partial charge in [0.1, 0.15) is 0 Å². The zero-order valence-electron chi connectivity index (χ0n) is 9.95. The molecule has 0 saturated heterocycles. The lowest BCUT2D eigenvalue weighted by Gasteiger charge is -2.20. The minimum absolute atomic E-state index is 0.320. The molecule has 98 valence electrons. The summed E-state index contributed by atoms with van der Waals surface area (Å²) in [6.45, 7) is 2.17. The smallest absolute Gasteiger partial charge is 0.271 e. The van der Waals surface area contributed by atoms with Gasteiger partial charge >= 0.3 is 5.38 Å². The maximum atomic E-state index is 12.7. The predicted octanol–water partition coefficient (Wildman–Crippen LogP) is 3.79. The van der Waals surface area contributed by atoms with E-state index in [1.165, 1.54) is 25.7 Å². The van der Waals surface area contributed by atoms with E-state index in [1.54, 1.807) is 0 Å². The first-order valence-corrected chi connectivity index (χ1v) is 6.43. The third-order valence-electron chi connectivity index (χ3n) is 2.69. The molecule has 0 amide bonds. The molecule has 1 unspecified atom stereocenters. The van der Waals surface area contributed by atoms with Crippen LogP contribution in [0.4, 0.5) is 8.78 Å². The van der Waals surface area contributed by atoms with Crippen molar-refractivity contribution in [3.8, 4) is 0 Å². The average molecular weight is 257 g/mol. The lowest BCUT2D eigenvalue weighted by molar-refractivity contribution is 0.0456. The summed E-state index contributed by atoms with van der Waals surface area (Å²) in [5, 5.41) is -3.25. The Balaban J connectivity index is 3.42. The lowest BCUT2D eigenvalue weighted by Crippen LogP contribution is -2.45. The van der Waals surface area contributed by atoms with Crippen LogP contribution in [-0.2, 0) is 0 Å². The summed E-state index contributed by atoms with van der Waals surface area (Å²) in [5.74, 6) is 5.02. The van der Waals surface area contributed by atoms with E-state index in [0.717, 1.165) is 19.3 Å². The number of nitrogens with two attached hydrogens (primary N) is 1. The Hall–Kier alpha value is 0.0700. The fourth-order valence-corrected chi connectivity index (χ4v) is 1.82. The van der Waals surface area contributed by atoms with Crippen molar-refractivity contribution in [2.75, 3.05) is 0 Å². The van der Waals surface area contributed by atoms with Gasteiger partial charge in [0.05, 0.1) is 6.04 Å². The van der Waals surface area contributed by atoms with Crippen LogP contribution < -0.4 is 11.3 Å². The first-order valence-electron chi connectivity index (χ1n) is 6.05. The van der Waals surface area contributed by atoms with Gasteiger partial charge in [0.15, 0.2) is 0 Å². The summed E-state index contributed by atoms with van der Waals surface area (Å²) in [4.78, 5) is 0. The average Bonchev–Trinajstić information content (AvgIpc) is 2.20. The number of rotatable bonds is 10. The van der Waals surface area contributed by atoms with Crippen LogP contribution in [0, 0.1) is 0 Å². The monoisotopic (exact) mass is 256 g/mol. The van der Waals surface area contributed by atoms with E-state index in [-0.39, 0.29) is 0 Å². The molecular formula is C11H23ClF2N2. The van der Waals surface area contributed by atoms with Crippen molar-refractivity contribution < 1.29 is 8.78 Å². The van der Waals surface area contributed by atoms with E-state index in [1.807, 2.05) is 0 Å². The molecule has 0 aromatic heterocycles. The summed E-state index contributed by atoms with van der Waals surface area (Å²) in [7, 11) is 0. The molecule has 0 aromatic rings. The third kappa shape index (κ3) is 8.25.